The lowest BCUT2D eigenvalue weighted by molar-refractivity contribution is -0.115. The number of amides is 1. The van der Waals surface area contributed by atoms with Crippen molar-refractivity contribution in [2.45, 2.75) is 27.2 Å². The molecule has 0 aliphatic carbocycles. The number of hydrogen-bond acceptors (Lipinski definition) is 2. The number of rotatable bonds is 4. The standard InChI is InChI=1S/C14H17NO2/c1-5-7-17-13-9-12(15-14(16)6-2)10(3)8-11(13)4/h1,8-9H,6-7H2,2-4H3,(H,15,16). The summed E-state index contributed by atoms with van der Waals surface area (Å²) in [4.78, 5) is 11.4. The number of anilines is 1. The minimum Gasteiger partial charge on any atom is -0.481 e. The molecule has 0 radical (unpaired) electrons. The largest absolute Gasteiger partial charge is 0.481 e. The third kappa shape index (κ3) is 3.53. The highest BCUT2D eigenvalue weighted by molar-refractivity contribution is 5.91. The molecule has 0 saturated heterocycles. The van der Waals surface area contributed by atoms with Crippen molar-refractivity contribution in [1.82, 2.24) is 0 Å². The van der Waals surface area contributed by atoms with Crippen molar-refractivity contribution in [1.29, 1.82) is 0 Å². The van der Waals surface area contributed by atoms with Gasteiger partial charge in [-0.1, -0.05) is 18.9 Å². The second kappa shape index (κ2) is 5.95. The number of terminal acetylenes is 1. The quantitative estimate of drug-likeness (QED) is 0.809. The molecule has 1 aromatic carbocycles. The fourth-order valence-corrected chi connectivity index (χ4v) is 1.48. The van der Waals surface area contributed by atoms with Crippen LogP contribution in [0.25, 0.3) is 0 Å². The molecule has 0 unspecified atom stereocenters. The lowest BCUT2D eigenvalue weighted by Crippen LogP contribution is -2.11. The summed E-state index contributed by atoms with van der Waals surface area (Å²) in [5.74, 6) is 3.11. The molecule has 0 heterocycles. The Hall–Kier alpha value is -1.95. The zero-order valence-corrected chi connectivity index (χ0v) is 10.5. The molecule has 0 aromatic heterocycles. The third-order valence-corrected chi connectivity index (χ3v) is 2.43. The van der Waals surface area contributed by atoms with Gasteiger partial charge in [0.25, 0.3) is 0 Å². The molecule has 1 amide bonds. The lowest BCUT2D eigenvalue weighted by Gasteiger charge is -2.12. The van der Waals surface area contributed by atoms with Crippen LogP contribution in [0.2, 0.25) is 0 Å². The molecule has 1 rings (SSSR count). The Morgan fingerprint density at radius 2 is 2.12 bits per heavy atom. The average Bonchev–Trinajstić information content (AvgIpc) is 2.30. The molecule has 17 heavy (non-hydrogen) atoms. The first-order valence-corrected chi connectivity index (χ1v) is 5.55. The molecule has 3 nitrogen and oxygen atoms in total. The van der Waals surface area contributed by atoms with Crippen molar-refractivity contribution in [3.05, 3.63) is 23.3 Å². The Kier molecular flexibility index (Phi) is 4.59. The van der Waals surface area contributed by atoms with Crippen LogP contribution in [-0.4, -0.2) is 12.5 Å². The van der Waals surface area contributed by atoms with Gasteiger partial charge in [-0.25, -0.2) is 0 Å². The smallest absolute Gasteiger partial charge is 0.224 e. The van der Waals surface area contributed by atoms with Crippen LogP contribution in [0.4, 0.5) is 5.69 Å². The van der Waals surface area contributed by atoms with E-state index in [1.807, 2.05) is 32.9 Å². The monoisotopic (exact) mass is 231 g/mol. The molecular formula is C14H17NO2. The van der Waals surface area contributed by atoms with Gasteiger partial charge >= 0.3 is 0 Å². The summed E-state index contributed by atoms with van der Waals surface area (Å²) in [6.07, 6.45) is 5.60. The van der Waals surface area contributed by atoms with Gasteiger partial charge in [-0.2, -0.15) is 0 Å². The molecule has 90 valence electrons. The minimum absolute atomic E-state index is 0.0140. The van der Waals surface area contributed by atoms with E-state index in [2.05, 4.69) is 11.2 Å². The second-order valence-corrected chi connectivity index (χ2v) is 3.83. The predicted molar refractivity (Wildman–Crippen MR) is 69.2 cm³/mol. The Bertz CT molecular complexity index is 458. The summed E-state index contributed by atoms with van der Waals surface area (Å²) < 4.78 is 5.41. The van der Waals surface area contributed by atoms with Gasteiger partial charge in [0.2, 0.25) is 5.91 Å². The topological polar surface area (TPSA) is 38.3 Å². The van der Waals surface area contributed by atoms with Crippen LogP contribution in [0.15, 0.2) is 12.1 Å². The number of carbonyl (C=O) groups is 1. The van der Waals surface area contributed by atoms with E-state index in [9.17, 15) is 4.79 Å². The number of ether oxygens (including phenoxy) is 1. The number of carbonyl (C=O) groups excluding carboxylic acids is 1. The first-order valence-electron chi connectivity index (χ1n) is 5.55. The molecule has 0 spiro atoms. The highest BCUT2D eigenvalue weighted by Crippen LogP contribution is 2.26. The van der Waals surface area contributed by atoms with Gasteiger partial charge in [0.05, 0.1) is 0 Å². The molecule has 1 aromatic rings. The van der Waals surface area contributed by atoms with E-state index >= 15 is 0 Å². The lowest BCUT2D eigenvalue weighted by atomic mass is 10.1. The van der Waals surface area contributed by atoms with Gasteiger partial charge in [-0.05, 0) is 25.0 Å². The van der Waals surface area contributed by atoms with Gasteiger partial charge in [-0.3, -0.25) is 4.79 Å². The van der Waals surface area contributed by atoms with E-state index in [1.165, 1.54) is 0 Å². The predicted octanol–water partition coefficient (Wildman–Crippen LogP) is 2.66. The molecule has 0 bridgehead atoms. The van der Waals surface area contributed by atoms with Crippen LogP contribution in [0.3, 0.4) is 0 Å². The summed E-state index contributed by atoms with van der Waals surface area (Å²) in [5, 5.41) is 2.83. The first-order chi connectivity index (χ1) is 8.08. The van der Waals surface area contributed by atoms with Gasteiger partial charge in [0.1, 0.15) is 12.4 Å². The van der Waals surface area contributed by atoms with E-state index < -0.39 is 0 Å². The molecular weight excluding hydrogens is 214 g/mol. The summed E-state index contributed by atoms with van der Waals surface area (Å²) in [7, 11) is 0. The number of benzene rings is 1. The SMILES string of the molecule is C#CCOc1cc(NC(=O)CC)c(C)cc1C. The van der Waals surface area contributed by atoms with E-state index in [-0.39, 0.29) is 12.5 Å². The fraction of sp³-hybridized carbons (Fsp3) is 0.357. The van der Waals surface area contributed by atoms with E-state index in [1.54, 1.807) is 0 Å². The second-order valence-electron chi connectivity index (χ2n) is 3.83. The van der Waals surface area contributed by atoms with Gasteiger partial charge < -0.3 is 10.1 Å². The van der Waals surface area contributed by atoms with Crippen molar-refractivity contribution in [3.8, 4) is 18.1 Å². The fourth-order valence-electron chi connectivity index (χ4n) is 1.48. The van der Waals surface area contributed by atoms with Crippen molar-refractivity contribution in [3.63, 3.8) is 0 Å². The molecule has 3 heteroatoms. The van der Waals surface area contributed by atoms with Crippen molar-refractivity contribution in [2.75, 3.05) is 11.9 Å². The third-order valence-electron chi connectivity index (χ3n) is 2.43. The summed E-state index contributed by atoms with van der Waals surface area (Å²) in [6.45, 7) is 5.94. The van der Waals surface area contributed by atoms with Crippen molar-refractivity contribution < 1.29 is 9.53 Å². The normalized spacial score (nSPS) is 9.53. The summed E-state index contributed by atoms with van der Waals surface area (Å²) in [5.41, 5.74) is 2.79. The highest BCUT2D eigenvalue weighted by Gasteiger charge is 2.07. The molecule has 0 saturated carbocycles. The van der Waals surface area contributed by atoms with E-state index in [0.717, 1.165) is 16.8 Å². The maximum Gasteiger partial charge on any atom is 0.224 e. The van der Waals surface area contributed by atoms with Crippen LogP contribution in [-0.2, 0) is 4.79 Å². The average molecular weight is 231 g/mol. The Morgan fingerprint density at radius 1 is 1.41 bits per heavy atom. The Balaban J connectivity index is 2.97. The van der Waals surface area contributed by atoms with Crippen LogP contribution >= 0.6 is 0 Å². The summed E-state index contributed by atoms with van der Waals surface area (Å²) >= 11 is 0. The Labute approximate surface area is 102 Å². The van der Waals surface area contributed by atoms with Crippen LogP contribution in [0, 0.1) is 26.2 Å². The maximum atomic E-state index is 11.4. The highest BCUT2D eigenvalue weighted by atomic mass is 16.5. The van der Waals surface area contributed by atoms with Crippen LogP contribution in [0.5, 0.6) is 5.75 Å². The van der Waals surface area contributed by atoms with Crippen LogP contribution < -0.4 is 10.1 Å². The van der Waals surface area contributed by atoms with Crippen LogP contribution in [0.1, 0.15) is 24.5 Å². The molecule has 0 aliphatic heterocycles. The first kappa shape index (κ1) is 13.1. The van der Waals surface area contributed by atoms with Gasteiger partial charge in [0, 0.05) is 18.2 Å². The minimum atomic E-state index is -0.0140. The van der Waals surface area contributed by atoms with Crippen molar-refractivity contribution in [2.24, 2.45) is 0 Å². The molecule has 0 aliphatic rings. The Morgan fingerprint density at radius 3 is 2.71 bits per heavy atom. The van der Waals surface area contributed by atoms with E-state index in [4.69, 9.17) is 11.2 Å². The van der Waals surface area contributed by atoms with E-state index in [0.29, 0.717) is 12.2 Å². The molecule has 0 atom stereocenters. The van der Waals surface area contributed by atoms with Crippen molar-refractivity contribution >= 4 is 11.6 Å². The zero-order valence-electron chi connectivity index (χ0n) is 10.5. The van der Waals surface area contributed by atoms with Gasteiger partial charge in [-0.15, -0.1) is 6.42 Å². The zero-order chi connectivity index (χ0) is 12.8. The number of hydrogen-bond donors (Lipinski definition) is 1. The molecule has 0 fully saturated rings. The summed E-state index contributed by atoms with van der Waals surface area (Å²) in [6, 6.07) is 3.78. The maximum absolute atomic E-state index is 11.4. The molecule has 1 N–H and O–H groups in total. The van der Waals surface area contributed by atoms with Gasteiger partial charge in [0.15, 0.2) is 0 Å². The number of nitrogens with one attached hydrogen (secondary N) is 1. The number of aryl methyl sites for hydroxylation is 2.